The van der Waals surface area contributed by atoms with Crippen LogP contribution in [-0.4, -0.2) is 27.3 Å². The molecule has 0 saturated heterocycles. The van der Waals surface area contributed by atoms with Gasteiger partial charge < -0.3 is 5.11 Å². The second kappa shape index (κ2) is 6.20. The Labute approximate surface area is 165 Å². The maximum Gasteiger partial charge on any atom is 0.269 e. The number of ketones is 2. The van der Waals surface area contributed by atoms with Crippen molar-refractivity contribution >= 4 is 28.7 Å². The summed E-state index contributed by atoms with van der Waals surface area (Å²) in [5, 5.41) is 21.9. The molecule has 2 aliphatic carbocycles. The van der Waals surface area contributed by atoms with Gasteiger partial charge in [-0.3, -0.25) is 24.7 Å². The van der Waals surface area contributed by atoms with E-state index < -0.39 is 16.8 Å². The number of nitro groups is 1. The Balaban J connectivity index is 1.78. The Morgan fingerprint density at radius 2 is 1.79 bits per heavy atom. The predicted octanol–water partition coefficient (Wildman–Crippen LogP) is 3.82. The van der Waals surface area contributed by atoms with Crippen LogP contribution in [0.2, 0.25) is 0 Å². The molecule has 2 atom stereocenters. The minimum atomic E-state index is -0.787. The van der Waals surface area contributed by atoms with Crippen molar-refractivity contribution in [3.8, 4) is 5.75 Å². The van der Waals surface area contributed by atoms with Gasteiger partial charge in [-0.1, -0.05) is 24.3 Å². The molecule has 0 amide bonds. The lowest BCUT2D eigenvalue weighted by Crippen LogP contribution is -2.37. The highest BCUT2D eigenvalue weighted by Gasteiger charge is 2.48. The number of rotatable bonds is 2. The van der Waals surface area contributed by atoms with Crippen molar-refractivity contribution in [2.75, 3.05) is 0 Å². The van der Waals surface area contributed by atoms with Crippen molar-refractivity contribution in [3.05, 3.63) is 74.8 Å². The molecule has 3 aliphatic rings. The average Bonchev–Trinajstić information content (AvgIpc) is 2.99. The quantitative estimate of drug-likeness (QED) is 0.621. The van der Waals surface area contributed by atoms with Crippen LogP contribution in [0.5, 0.6) is 5.75 Å². The van der Waals surface area contributed by atoms with E-state index in [0.29, 0.717) is 47.4 Å². The van der Waals surface area contributed by atoms with E-state index >= 15 is 0 Å². The topological polar surface area (TPSA) is 110 Å². The standard InChI is InChI=1S/C22H16N2O5/c25-16-9-8-11(24(28)29)10-14(16)18-19-15(6-3-7-17(19)26)23-21-12-4-1-2-5-13(12)22(27)20(18)21/h1-2,4-5,8-10,18-19,25H,3,6-7H2/t18-,19?/m1/s1. The molecule has 5 rings (SSSR count). The lowest BCUT2D eigenvalue weighted by atomic mass is 9.69. The molecule has 1 fully saturated rings. The van der Waals surface area contributed by atoms with Gasteiger partial charge in [0.05, 0.1) is 16.5 Å². The first-order valence-corrected chi connectivity index (χ1v) is 9.43. The number of Topliss-reactive ketones (excluding diaryl/α,β-unsaturated/α-hetero) is 2. The summed E-state index contributed by atoms with van der Waals surface area (Å²) in [7, 11) is 0. The van der Waals surface area contributed by atoms with Gasteiger partial charge in [-0.15, -0.1) is 0 Å². The smallest absolute Gasteiger partial charge is 0.269 e. The van der Waals surface area contributed by atoms with Crippen molar-refractivity contribution in [3.63, 3.8) is 0 Å². The number of non-ortho nitro benzene ring substituents is 1. The number of fused-ring (bicyclic) bond motifs is 3. The SMILES string of the molecule is O=C1C2=C(N=C3CCCC(=O)C3[C@H]2c2cc([N+](=O)[O-])ccc2O)c2ccccc21. The van der Waals surface area contributed by atoms with Crippen molar-refractivity contribution in [2.24, 2.45) is 10.9 Å². The van der Waals surface area contributed by atoms with Crippen molar-refractivity contribution < 1.29 is 19.6 Å². The zero-order valence-electron chi connectivity index (χ0n) is 15.3. The van der Waals surface area contributed by atoms with E-state index in [-0.39, 0.29) is 28.6 Å². The minimum Gasteiger partial charge on any atom is -0.508 e. The summed E-state index contributed by atoms with van der Waals surface area (Å²) in [6.45, 7) is 0. The second-order valence-corrected chi connectivity index (χ2v) is 7.52. The van der Waals surface area contributed by atoms with Gasteiger partial charge >= 0.3 is 0 Å². The number of allylic oxidation sites excluding steroid dienone is 1. The van der Waals surface area contributed by atoms with E-state index in [4.69, 9.17) is 4.99 Å². The summed E-state index contributed by atoms with van der Waals surface area (Å²) in [5.74, 6) is -1.94. The van der Waals surface area contributed by atoms with Gasteiger partial charge in [0.15, 0.2) is 5.78 Å². The molecule has 7 heteroatoms. The van der Waals surface area contributed by atoms with Crippen LogP contribution in [0.15, 0.2) is 53.0 Å². The van der Waals surface area contributed by atoms with Crippen LogP contribution in [0.3, 0.4) is 0 Å². The van der Waals surface area contributed by atoms with Crippen LogP contribution in [0.4, 0.5) is 5.69 Å². The first kappa shape index (κ1) is 17.5. The van der Waals surface area contributed by atoms with E-state index in [1.54, 1.807) is 12.1 Å². The fraction of sp³-hybridized carbons (Fsp3) is 0.227. The summed E-state index contributed by atoms with van der Waals surface area (Å²) in [5.41, 5.74) is 2.76. The molecule has 1 aliphatic heterocycles. The zero-order valence-corrected chi connectivity index (χ0v) is 15.3. The molecule has 2 aromatic rings. The van der Waals surface area contributed by atoms with Crippen molar-refractivity contribution in [2.45, 2.75) is 25.2 Å². The van der Waals surface area contributed by atoms with E-state index in [0.717, 1.165) is 0 Å². The maximum atomic E-state index is 13.3. The molecule has 0 radical (unpaired) electrons. The Hall–Kier alpha value is -3.61. The van der Waals surface area contributed by atoms with Crippen LogP contribution in [0, 0.1) is 16.0 Å². The van der Waals surface area contributed by atoms with E-state index in [9.17, 15) is 24.8 Å². The molecular formula is C22H16N2O5. The molecule has 1 N–H and O–H groups in total. The van der Waals surface area contributed by atoms with Crippen LogP contribution >= 0.6 is 0 Å². The Kier molecular flexibility index (Phi) is 3.74. The Morgan fingerprint density at radius 1 is 1.03 bits per heavy atom. The zero-order chi connectivity index (χ0) is 20.3. The molecule has 144 valence electrons. The predicted molar refractivity (Wildman–Crippen MR) is 105 cm³/mol. The number of aliphatic imine (C=N–C) groups is 1. The second-order valence-electron chi connectivity index (χ2n) is 7.52. The third kappa shape index (κ3) is 2.47. The number of phenolic OH excluding ortho intramolecular Hbond substituents is 1. The highest BCUT2D eigenvalue weighted by molar-refractivity contribution is 6.25. The molecule has 1 unspecified atom stereocenters. The fourth-order valence-electron chi connectivity index (χ4n) is 4.69. The number of carbonyl (C=O) groups excluding carboxylic acids is 2. The van der Waals surface area contributed by atoms with Gasteiger partial charge in [0, 0.05) is 52.4 Å². The molecular weight excluding hydrogens is 372 g/mol. The fourth-order valence-corrected chi connectivity index (χ4v) is 4.69. The number of hydrogen-bond acceptors (Lipinski definition) is 6. The third-order valence-corrected chi connectivity index (χ3v) is 5.95. The number of nitro benzene ring substituents is 1. The molecule has 1 heterocycles. The molecule has 7 nitrogen and oxygen atoms in total. The number of phenols is 1. The summed E-state index contributed by atoms with van der Waals surface area (Å²) in [4.78, 5) is 41.6. The number of aromatic hydroxyl groups is 1. The van der Waals surface area contributed by atoms with Crippen molar-refractivity contribution in [1.29, 1.82) is 0 Å². The number of benzene rings is 2. The van der Waals surface area contributed by atoms with Gasteiger partial charge in [-0.25, -0.2) is 0 Å². The first-order chi connectivity index (χ1) is 14.0. The normalized spacial score (nSPS) is 22.7. The minimum absolute atomic E-state index is 0.0544. The van der Waals surface area contributed by atoms with Gasteiger partial charge in [0.2, 0.25) is 0 Å². The summed E-state index contributed by atoms with van der Waals surface area (Å²) < 4.78 is 0. The molecule has 0 bridgehead atoms. The lowest BCUT2D eigenvalue weighted by molar-refractivity contribution is -0.385. The van der Waals surface area contributed by atoms with Crippen LogP contribution < -0.4 is 0 Å². The summed E-state index contributed by atoms with van der Waals surface area (Å²) in [6.07, 6.45) is 1.66. The van der Waals surface area contributed by atoms with Gasteiger partial charge in [0.1, 0.15) is 11.5 Å². The molecule has 0 spiro atoms. The third-order valence-electron chi connectivity index (χ3n) is 5.95. The summed E-state index contributed by atoms with van der Waals surface area (Å²) >= 11 is 0. The van der Waals surface area contributed by atoms with E-state index in [1.807, 2.05) is 12.1 Å². The van der Waals surface area contributed by atoms with Gasteiger partial charge in [0.25, 0.3) is 5.69 Å². The van der Waals surface area contributed by atoms with E-state index in [1.165, 1.54) is 18.2 Å². The molecule has 0 aromatic heterocycles. The van der Waals surface area contributed by atoms with E-state index in [2.05, 4.69) is 0 Å². The number of carbonyl (C=O) groups is 2. The van der Waals surface area contributed by atoms with Crippen LogP contribution in [-0.2, 0) is 4.79 Å². The maximum absolute atomic E-state index is 13.3. The Bertz CT molecular complexity index is 1180. The van der Waals surface area contributed by atoms with Gasteiger partial charge in [-0.05, 0) is 18.9 Å². The van der Waals surface area contributed by atoms with Crippen molar-refractivity contribution in [1.82, 2.24) is 0 Å². The molecule has 1 saturated carbocycles. The van der Waals surface area contributed by atoms with Crippen LogP contribution in [0.1, 0.15) is 46.7 Å². The molecule has 29 heavy (non-hydrogen) atoms. The number of hydrogen-bond donors (Lipinski definition) is 1. The highest BCUT2D eigenvalue weighted by Crippen LogP contribution is 2.51. The highest BCUT2D eigenvalue weighted by atomic mass is 16.6. The molecule has 2 aromatic carbocycles. The monoisotopic (exact) mass is 388 g/mol. The number of nitrogens with zero attached hydrogens (tertiary/aromatic N) is 2. The lowest BCUT2D eigenvalue weighted by Gasteiger charge is -2.34. The van der Waals surface area contributed by atoms with Crippen LogP contribution in [0.25, 0.3) is 5.70 Å². The summed E-state index contributed by atoms with van der Waals surface area (Å²) in [6, 6.07) is 10.8. The Morgan fingerprint density at radius 3 is 2.55 bits per heavy atom. The largest absolute Gasteiger partial charge is 0.508 e. The first-order valence-electron chi connectivity index (χ1n) is 9.43. The average molecular weight is 388 g/mol. The van der Waals surface area contributed by atoms with Gasteiger partial charge in [-0.2, -0.15) is 0 Å².